The fraction of sp³-hybridized carbons (Fsp3) is 0.333. The lowest BCUT2D eigenvalue weighted by atomic mass is 10.2. The standard InChI is InChI=1S/C15H18BrNO2/c1-11-7-13(19-15(11)8-17-2)10-18-9-12-5-3-4-6-14(12)16/h3-7,17H,8-10H2,1-2H3. The molecule has 0 spiro atoms. The van der Waals surface area contributed by atoms with Crippen molar-refractivity contribution in [3.63, 3.8) is 0 Å². The number of aryl methyl sites for hydroxylation is 1. The molecule has 1 aromatic heterocycles. The van der Waals surface area contributed by atoms with E-state index >= 15 is 0 Å². The molecule has 0 atom stereocenters. The first-order chi connectivity index (χ1) is 9.20. The Morgan fingerprint density at radius 3 is 2.79 bits per heavy atom. The molecule has 1 N–H and O–H groups in total. The van der Waals surface area contributed by atoms with Crippen molar-refractivity contribution in [3.8, 4) is 0 Å². The van der Waals surface area contributed by atoms with Gasteiger partial charge >= 0.3 is 0 Å². The van der Waals surface area contributed by atoms with E-state index in [1.54, 1.807) is 0 Å². The maximum absolute atomic E-state index is 5.72. The van der Waals surface area contributed by atoms with Gasteiger partial charge in [-0.05, 0) is 37.2 Å². The number of rotatable bonds is 6. The normalized spacial score (nSPS) is 10.9. The molecule has 0 fully saturated rings. The van der Waals surface area contributed by atoms with E-state index in [2.05, 4.69) is 21.2 Å². The average molecular weight is 324 g/mol. The fourth-order valence-corrected chi connectivity index (χ4v) is 2.27. The molecular weight excluding hydrogens is 306 g/mol. The maximum Gasteiger partial charge on any atom is 0.130 e. The van der Waals surface area contributed by atoms with Gasteiger partial charge in [-0.25, -0.2) is 0 Å². The van der Waals surface area contributed by atoms with Crippen molar-refractivity contribution in [2.45, 2.75) is 26.7 Å². The van der Waals surface area contributed by atoms with Crippen molar-refractivity contribution >= 4 is 15.9 Å². The number of nitrogens with one attached hydrogen (secondary N) is 1. The highest BCUT2D eigenvalue weighted by molar-refractivity contribution is 9.10. The van der Waals surface area contributed by atoms with Crippen LogP contribution in [0.5, 0.6) is 0 Å². The summed E-state index contributed by atoms with van der Waals surface area (Å²) in [6.45, 7) is 3.86. The summed E-state index contributed by atoms with van der Waals surface area (Å²) in [5, 5.41) is 3.09. The number of ether oxygens (including phenoxy) is 1. The second-order valence-corrected chi connectivity index (χ2v) is 5.29. The number of benzene rings is 1. The van der Waals surface area contributed by atoms with Crippen molar-refractivity contribution in [3.05, 3.63) is 57.5 Å². The van der Waals surface area contributed by atoms with E-state index < -0.39 is 0 Å². The molecule has 2 aromatic rings. The molecule has 0 aliphatic carbocycles. The van der Waals surface area contributed by atoms with Gasteiger partial charge in [0.1, 0.15) is 18.1 Å². The van der Waals surface area contributed by atoms with Gasteiger partial charge < -0.3 is 14.5 Å². The van der Waals surface area contributed by atoms with Crippen LogP contribution in [0, 0.1) is 6.92 Å². The number of halogens is 1. The Balaban J connectivity index is 1.89. The highest BCUT2D eigenvalue weighted by atomic mass is 79.9. The van der Waals surface area contributed by atoms with Crippen LogP contribution in [0.1, 0.15) is 22.6 Å². The molecule has 4 heteroatoms. The summed E-state index contributed by atoms with van der Waals surface area (Å²) in [7, 11) is 1.91. The van der Waals surface area contributed by atoms with Crippen molar-refractivity contribution in [1.82, 2.24) is 5.32 Å². The van der Waals surface area contributed by atoms with Crippen molar-refractivity contribution < 1.29 is 9.15 Å². The van der Waals surface area contributed by atoms with Gasteiger partial charge in [0.25, 0.3) is 0 Å². The largest absolute Gasteiger partial charge is 0.462 e. The van der Waals surface area contributed by atoms with Gasteiger partial charge in [-0.2, -0.15) is 0 Å². The van der Waals surface area contributed by atoms with Gasteiger partial charge in [0, 0.05) is 4.47 Å². The average Bonchev–Trinajstić information content (AvgIpc) is 2.73. The molecule has 0 unspecified atom stereocenters. The van der Waals surface area contributed by atoms with Crippen molar-refractivity contribution in [2.75, 3.05) is 7.05 Å². The number of hydrogen-bond donors (Lipinski definition) is 1. The Bertz CT molecular complexity index is 537. The first-order valence-electron chi connectivity index (χ1n) is 6.24. The third kappa shape index (κ3) is 3.93. The van der Waals surface area contributed by atoms with E-state index in [0.29, 0.717) is 13.2 Å². The van der Waals surface area contributed by atoms with Gasteiger partial charge in [0.05, 0.1) is 13.2 Å². The molecule has 0 bridgehead atoms. The van der Waals surface area contributed by atoms with Crippen LogP contribution in [-0.2, 0) is 24.5 Å². The molecule has 1 heterocycles. The van der Waals surface area contributed by atoms with Gasteiger partial charge in [0.15, 0.2) is 0 Å². The molecule has 0 radical (unpaired) electrons. The summed E-state index contributed by atoms with van der Waals surface area (Å²) in [4.78, 5) is 0. The van der Waals surface area contributed by atoms with Crippen LogP contribution in [0.15, 0.2) is 39.2 Å². The highest BCUT2D eigenvalue weighted by Gasteiger charge is 2.07. The van der Waals surface area contributed by atoms with Crippen LogP contribution in [0.25, 0.3) is 0 Å². The molecule has 3 nitrogen and oxygen atoms in total. The molecule has 0 saturated heterocycles. The predicted octanol–water partition coefficient (Wildman–Crippen LogP) is 3.79. The number of hydrogen-bond acceptors (Lipinski definition) is 3. The molecular formula is C15H18BrNO2. The summed E-state index contributed by atoms with van der Waals surface area (Å²) in [5.74, 6) is 1.84. The Labute approximate surface area is 122 Å². The Morgan fingerprint density at radius 1 is 1.26 bits per heavy atom. The molecule has 0 aliphatic heterocycles. The fourth-order valence-electron chi connectivity index (χ4n) is 1.87. The van der Waals surface area contributed by atoms with Gasteiger partial charge in [-0.1, -0.05) is 34.1 Å². The Hall–Kier alpha value is -1.10. The van der Waals surface area contributed by atoms with Crippen LogP contribution in [0.4, 0.5) is 0 Å². The molecule has 19 heavy (non-hydrogen) atoms. The molecule has 102 valence electrons. The lowest BCUT2D eigenvalue weighted by Crippen LogP contribution is -2.04. The molecule has 2 rings (SSSR count). The zero-order valence-electron chi connectivity index (χ0n) is 11.2. The van der Waals surface area contributed by atoms with E-state index in [-0.39, 0.29) is 0 Å². The van der Waals surface area contributed by atoms with E-state index in [1.165, 1.54) is 0 Å². The summed E-state index contributed by atoms with van der Waals surface area (Å²) >= 11 is 3.51. The second kappa shape index (κ2) is 6.89. The summed E-state index contributed by atoms with van der Waals surface area (Å²) < 4.78 is 12.5. The summed E-state index contributed by atoms with van der Waals surface area (Å²) in [5.41, 5.74) is 2.30. The first kappa shape index (κ1) is 14.3. The van der Waals surface area contributed by atoms with Crippen LogP contribution in [0.2, 0.25) is 0 Å². The minimum atomic E-state index is 0.492. The van der Waals surface area contributed by atoms with E-state index in [9.17, 15) is 0 Å². The summed E-state index contributed by atoms with van der Waals surface area (Å²) in [6, 6.07) is 10.1. The minimum absolute atomic E-state index is 0.492. The van der Waals surface area contributed by atoms with E-state index in [4.69, 9.17) is 9.15 Å². The van der Waals surface area contributed by atoms with Crippen LogP contribution < -0.4 is 5.32 Å². The smallest absolute Gasteiger partial charge is 0.130 e. The van der Waals surface area contributed by atoms with Gasteiger partial charge in [-0.3, -0.25) is 0 Å². The quantitative estimate of drug-likeness (QED) is 0.878. The Morgan fingerprint density at radius 2 is 2.05 bits per heavy atom. The highest BCUT2D eigenvalue weighted by Crippen LogP contribution is 2.19. The van der Waals surface area contributed by atoms with Crippen LogP contribution >= 0.6 is 15.9 Å². The molecule has 0 saturated carbocycles. The zero-order valence-corrected chi connectivity index (χ0v) is 12.8. The lowest BCUT2D eigenvalue weighted by Gasteiger charge is -2.04. The Kier molecular flexibility index (Phi) is 5.19. The van der Waals surface area contributed by atoms with Crippen molar-refractivity contribution in [2.24, 2.45) is 0 Å². The SMILES string of the molecule is CNCc1oc(COCc2ccccc2Br)cc1C. The molecule has 0 aliphatic rings. The monoisotopic (exact) mass is 323 g/mol. The molecule has 0 amide bonds. The van der Waals surface area contributed by atoms with E-state index in [0.717, 1.165) is 33.7 Å². The number of furan rings is 1. The van der Waals surface area contributed by atoms with E-state index in [1.807, 2.05) is 44.3 Å². The predicted molar refractivity (Wildman–Crippen MR) is 78.8 cm³/mol. The minimum Gasteiger partial charge on any atom is -0.462 e. The van der Waals surface area contributed by atoms with Crippen molar-refractivity contribution in [1.29, 1.82) is 0 Å². The third-order valence-corrected chi connectivity index (χ3v) is 3.64. The van der Waals surface area contributed by atoms with Gasteiger partial charge in [0.2, 0.25) is 0 Å². The third-order valence-electron chi connectivity index (χ3n) is 2.87. The second-order valence-electron chi connectivity index (χ2n) is 4.43. The van der Waals surface area contributed by atoms with Crippen LogP contribution in [-0.4, -0.2) is 7.05 Å². The first-order valence-corrected chi connectivity index (χ1v) is 7.04. The summed E-state index contributed by atoms with van der Waals surface area (Å²) in [6.07, 6.45) is 0. The zero-order chi connectivity index (χ0) is 13.7. The van der Waals surface area contributed by atoms with Gasteiger partial charge in [-0.15, -0.1) is 0 Å². The maximum atomic E-state index is 5.72. The lowest BCUT2D eigenvalue weighted by molar-refractivity contribution is 0.0916. The topological polar surface area (TPSA) is 34.4 Å². The van der Waals surface area contributed by atoms with Crippen LogP contribution in [0.3, 0.4) is 0 Å². The molecule has 1 aromatic carbocycles.